The second kappa shape index (κ2) is 8.18. The Hall–Kier alpha value is -2.31. The van der Waals surface area contributed by atoms with Crippen molar-refractivity contribution >= 4 is 40.8 Å². The minimum absolute atomic E-state index is 0.0342. The Morgan fingerprint density at radius 2 is 1.84 bits per heavy atom. The Balaban J connectivity index is 2.27. The predicted octanol–water partition coefficient (Wildman–Crippen LogP) is 4.81. The van der Waals surface area contributed by atoms with Crippen molar-refractivity contribution < 1.29 is 23.8 Å². The van der Waals surface area contributed by atoms with Crippen LogP contribution in [0.25, 0.3) is 0 Å². The van der Waals surface area contributed by atoms with Gasteiger partial charge in [-0.25, -0.2) is 9.18 Å². The Morgan fingerprint density at radius 3 is 2.36 bits per heavy atom. The molecule has 0 aliphatic heterocycles. The van der Waals surface area contributed by atoms with E-state index in [2.05, 4.69) is 5.32 Å². The molecule has 0 unspecified atom stereocenters. The molecule has 2 N–H and O–H groups in total. The van der Waals surface area contributed by atoms with Gasteiger partial charge in [0.25, 0.3) is 5.91 Å². The maximum Gasteiger partial charge on any atom is 0.336 e. The standard InChI is InChI=1S/C17H14Cl2FNO4/c1-2-25-15-13(18)6-9(7-14(15)19)16(22)21-11-3-4-12(17(23)24)10(5-11)8-20/h3-7H,2,8H2,1H3,(H,21,22)(H,23,24). The Labute approximate surface area is 153 Å². The lowest BCUT2D eigenvalue weighted by molar-refractivity contribution is 0.0694. The van der Waals surface area contributed by atoms with E-state index < -0.39 is 18.6 Å². The number of carbonyl (C=O) groups excluding carboxylic acids is 1. The normalized spacial score (nSPS) is 10.4. The number of amides is 1. The SMILES string of the molecule is CCOc1c(Cl)cc(C(=O)Nc2ccc(C(=O)O)c(CF)c2)cc1Cl. The fraction of sp³-hybridized carbons (Fsp3) is 0.176. The molecular weight excluding hydrogens is 372 g/mol. The lowest BCUT2D eigenvalue weighted by Gasteiger charge is -2.11. The number of hydrogen-bond acceptors (Lipinski definition) is 3. The molecule has 0 saturated heterocycles. The van der Waals surface area contributed by atoms with Gasteiger partial charge in [0, 0.05) is 11.3 Å². The van der Waals surface area contributed by atoms with Crippen LogP contribution in [0.4, 0.5) is 10.1 Å². The molecule has 0 bridgehead atoms. The van der Waals surface area contributed by atoms with Gasteiger partial charge in [-0.05, 0) is 42.8 Å². The average molecular weight is 386 g/mol. The zero-order chi connectivity index (χ0) is 18.6. The molecule has 1 amide bonds. The summed E-state index contributed by atoms with van der Waals surface area (Å²) in [5.41, 5.74) is 0.243. The summed E-state index contributed by atoms with van der Waals surface area (Å²) in [6, 6.07) is 6.66. The molecule has 0 aliphatic rings. The molecule has 5 nitrogen and oxygen atoms in total. The number of halogens is 3. The average Bonchev–Trinajstić information content (AvgIpc) is 2.57. The van der Waals surface area contributed by atoms with Gasteiger partial charge in [0.15, 0.2) is 5.75 Å². The van der Waals surface area contributed by atoms with Crippen molar-refractivity contribution in [2.45, 2.75) is 13.6 Å². The van der Waals surface area contributed by atoms with Crippen LogP contribution in [-0.2, 0) is 6.67 Å². The fourth-order valence-corrected chi connectivity index (χ4v) is 2.76. The highest BCUT2D eigenvalue weighted by Crippen LogP contribution is 2.34. The second-order valence-corrected chi connectivity index (χ2v) is 5.78. The Kier molecular flexibility index (Phi) is 6.22. The zero-order valence-electron chi connectivity index (χ0n) is 13.1. The first-order chi connectivity index (χ1) is 11.9. The summed E-state index contributed by atoms with van der Waals surface area (Å²) < 4.78 is 18.3. The van der Waals surface area contributed by atoms with Crippen LogP contribution < -0.4 is 10.1 Å². The summed E-state index contributed by atoms with van der Waals surface area (Å²) in [7, 11) is 0. The first-order valence-corrected chi connectivity index (χ1v) is 7.98. The first kappa shape index (κ1) is 19.0. The summed E-state index contributed by atoms with van der Waals surface area (Å²) in [4.78, 5) is 23.3. The molecule has 0 saturated carbocycles. The third-order valence-corrected chi connectivity index (χ3v) is 3.85. The van der Waals surface area contributed by atoms with Crippen LogP contribution in [0.5, 0.6) is 5.75 Å². The molecule has 0 spiro atoms. The van der Waals surface area contributed by atoms with Crippen molar-refractivity contribution in [1.29, 1.82) is 0 Å². The summed E-state index contributed by atoms with van der Waals surface area (Å²) >= 11 is 12.1. The molecule has 132 valence electrons. The maximum absolute atomic E-state index is 13.0. The van der Waals surface area contributed by atoms with Crippen molar-refractivity contribution in [2.75, 3.05) is 11.9 Å². The first-order valence-electron chi connectivity index (χ1n) is 7.22. The third-order valence-electron chi connectivity index (χ3n) is 3.29. The van der Waals surface area contributed by atoms with Crippen molar-refractivity contribution in [2.24, 2.45) is 0 Å². The highest BCUT2D eigenvalue weighted by Gasteiger charge is 2.16. The molecule has 2 aromatic carbocycles. The molecule has 8 heteroatoms. The maximum atomic E-state index is 13.0. The van der Waals surface area contributed by atoms with E-state index in [1.807, 2.05) is 0 Å². The summed E-state index contributed by atoms with van der Waals surface area (Å²) in [5, 5.41) is 11.9. The van der Waals surface area contributed by atoms with Gasteiger partial charge in [-0.1, -0.05) is 23.2 Å². The molecule has 0 heterocycles. The molecule has 0 aliphatic carbocycles. The van der Waals surface area contributed by atoms with E-state index in [0.29, 0.717) is 6.61 Å². The van der Waals surface area contributed by atoms with E-state index in [0.717, 1.165) is 0 Å². The van der Waals surface area contributed by atoms with Gasteiger partial charge >= 0.3 is 5.97 Å². The summed E-state index contributed by atoms with van der Waals surface area (Å²) in [6.07, 6.45) is 0. The Morgan fingerprint density at radius 1 is 1.20 bits per heavy atom. The minimum Gasteiger partial charge on any atom is -0.491 e. The molecule has 0 fully saturated rings. The van der Waals surface area contributed by atoms with E-state index in [4.69, 9.17) is 33.0 Å². The van der Waals surface area contributed by atoms with E-state index in [9.17, 15) is 14.0 Å². The second-order valence-electron chi connectivity index (χ2n) is 4.97. The molecule has 25 heavy (non-hydrogen) atoms. The van der Waals surface area contributed by atoms with Crippen LogP contribution in [-0.4, -0.2) is 23.6 Å². The number of aromatic carboxylic acids is 1. The number of rotatable bonds is 6. The van der Waals surface area contributed by atoms with Crippen molar-refractivity contribution in [3.63, 3.8) is 0 Å². The van der Waals surface area contributed by atoms with E-state index in [1.165, 1.54) is 30.3 Å². The molecule has 2 rings (SSSR count). The Bertz CT molecular complexity index is 803. The molecule has 0 aromatic heterocycles. The number of carboxylic acid groups (broad SMARTS) is 1. The number of anilines is 1. The largest absolute Gasteiger partial charge is 0.491 e. The number of benzene rings is 2. The van der Waals surface area contributed by atoms with E-state index >= 15 is 0 Å². The zero-order valence-corrected chi connectivity index (χ0v) is 14.6. The number of nitrogens with one attached hydrogen (secondary N) is 1. The monoisotopic (exact) mass is 385 g/mol. The number of hydrogen-bond donors (Lipinski definition) is 2. The number of carbonyl (C=O) groups is 2. The molecule has 2 aromatic rings. The van der Waals surface area contributed by atoms with Crippen LogP contribution in [0, 0.1) is 0 Å². The molecule has 0 radical (unpaired) electrons. The number of alkyl halides is 1. The third kappa shape index (κ3) is 4.41. The van der Waals surface area contributed by atoms with Crippen LogP contribution >= 0.6 is 23.2 Å². The topological polar surface area (TPSA) is 75.6 Å². The van der Waals surface area contributed by atoms with Crippen LogP contribution in [0.1, 0.15) is 33.2 Å². The van der Waals surface area contributed by atoms with Crippen molar-refractivity contribution in [1.82, 2.24) is 0 Å². The van der Waals surface area contributed by atoms with Crippen molar-refractivity contribution in [3.8, 4) is 5.75 Å². The van der Waals surface area contributed by atoms with Gasteiger partial charge in [0.2, 0.25) is 0 Å². The lowest BCUT2D eigenvalue weighted by Crippen LogP contribution is -2.13. The fourth-order valence-electron chi connectivity index (χ4n) is 2.17. The lowest BCUT2D eigenvalue weighted by atomic mass is 10.1. The molecular formula is C17H14Cl2FNO4. The quantitative estimate of drug-likeness (QED) is 0.747. The van der Waals surface area contributed by atoms with Gasteiger partial charge in [0.1, 0.15) is 6.67 Å². The van der Waals surface area contributed by atoms with Crippen molar-refractivity contribution in [3.05, 3.63) is 57.1 Å². The minimum atomic E-state index is -1.24. The van der Waals surface area contributed by atoms with E-state index in [1.54, 1.807) is 6.92 Å². The van der Waals surface area contributed by atoms with Gasteiger partial charge in [0.05, 0.1) is 22.2 Å². The van der Waals surface area contributed by atoms with Gasteiger partial charge < -0.3 is 15.2 Å². The predicted molar refractivity (Wildman–Crippen MR) is 93.8 cm³/mol. The van der Waals surface area contributed by atoms with Crippen LogP contribution in [0.2, 0.25) is 10.0 Å². The van der Waals surface area contributed by atoms with Gasteiger partial charge in [-0.3, -0.25) is 4.79 Å². The van der Waals surface area contributed by atoms with Crippen LogP contribution in [0.15, 0.2) is 30.3 Å². The number of carboxylic acids is 1. The van der Waals surface area contributed by atoms with Crippen LogP contribution in [0.3, 0.4) is 0 Å². The summed E-state index contributed by atoms with van der Waals surface area (Å²) in [6.45, 7) is 1.18. The van der Waals surface area contributed by atoms with E-state index in [-0.39, 0.29) is 38.2 Å². The number of ether oxygens (including phenoxy) is 1. The smallest absolute Gasteiger partial charge is 0.336 e. The summed E-state index contributed by atoms with van der Waals surface area (Å²) in [5.74, 6) is -1.48. The highest BCUT2D eigenvalue weighted by molar-refractivity contribution is 6.37. The van der Waals surface area contributed by atoms with Gasteiger partial charge in [-0.2, -0.15) is 0 Å². The van der Waals surface area contributed by atoms with Gasteiger partial charge in [-0.15, -0.1) is 0 Å². The molecule has 0 atom stereocenters. The highest BCUT2D eigenvalue weighted by atomic mass is 35.5.